The molecule has 0 heterocycles. The molecule has 54 valence electrons. The Morgan fingerprint density at radius 3 is 2.20 bits per heavy atom. The lowest BCUT2D eigenvalue weighted by Gasteiger charge is -2.07. The Hall–Kier alpha value is -0.540. The first kappa shape index (κ1) is 7.57. The van der Waals surface area contributed by atoms with Crippen molar-refractivity contribution in [2.24, 2.45) is 5.84 Å². The van der Waals surface area contributed by atoms with Crippen LogP contribution < -0.4 is 9.88 Å². The maximum absolute atomic E-state index is 5.41. The number of nitrogens with two attached hydrogens (primary N) is 1. The van der Waals surface area contributed by atoms with Gasteiger partial charge in [-0.1, -0.05) is 17.7 Å². The highest BCUT2D eigenvalue weighted by Crippen LogP contribution is 2.13. The lowest BCUT2D eigenvalue weighted by molar-refractivity contribution is 1.23. The molecule has 0 aromatic heterocycles. The molecule has 0 fully saturated rings. The predicted octanol–water partition coefficient (Wildman–Crippen LogP) is 1.99. The van der Waals surface area contributed by atoms with Crippen LogP contribution >= 0.6 is 16.1 Å². The van der Waals surface area contributed by atoms with Crippen molar-refractivity contribution in [3.8, 4) is 0 Å². The quantitative estimate of drug-likeness (QED) is 0.427. The topological polar surface area (TPSA) is 29.3 Å². The zero-order valence-corrected chi connectivity index (χ0v) is 7.30. The minimum absolute atomic E-state index is 0.950. The number of aryl methyl sites for hydroxylation is 1. The Labute approximate surface area is 68.9 Å². The zero-order valence-electron chi connectivity index (χ0n) is 5.71. The van der Waals surface area contributed by atoms with Gasteiger partial charge in [0.1, 0.15) is 0 Å². The average Bonchev–Trinajstić information content (AvgIpc) is 1.88. The monoisotopic (exact) mass is 200 g/mol. The second kappa shape index (κ2) is 3.03. The largest absolute Gasteiger partial charge is 0.245 e. The summed E-state index contributed by atoms with van der Waals surface area (Å²) in [7, 11) is 0. The normalized spacial score (nSPS) is 9.50. The Balaban J connectivity index is 2.89. The molecule has 3 heteroatoms. The fraction of sp³-hybridized carbons (Fsp3) is 0.143. The molecule has 0 aliphatic heterocycles. The van der Waals surface area contributed by atoms with E-state index in [0.29, 0.717) is 0 Å². The summed E-state index contributed by atoms with van der Waals surface area (Å²) in [5.41, 5.74) is 2.18. The van der Waals surface area contributed by atoms with E-state index in [0.717, 1.165) is 5.69 Å². The van der Waals surface area contributed by atoms with Gasteiger partial charge in [0.05, 0.1) is 21.8 Å². The van der Waals surface area contributed by atoms with Crippen molar-refractivity contribution in [2.75, 3.05) is 4.03 Å². The van der Waals surface area contributed by atoms with Crippen LogP contribution in [0.5, 0.6) is 0 Å². The summed E-state index contributed by atoms with van der Waals surface area (Å²) < 4.78 is 1.41. The third kappa shape index (κ3) is 1.72. The van der Waals surface area contributed by atoms with Gasteiger partial charge >= 0.3 is 0 Å². The van der Waals surface area contributed by atoms with Crippen molar-refractivity contribution in [1.29, 1.82) is 0 Å². The summed E-state index contributed by atoms with van der Waals surface area (Å²) in [4.78, 5) is 0. The van der Waals surface area contributed by atoms with Crippen LogP contribution in [0.15, 0.2) is 24.3 Å². The highest BCUT2D eigenvalue weighted by Gasteiger charge is 1.93. The van der Waals surface area contributed by atoms with E-state index in [4.69, 9.17) is 5.84 Å². The van der Waals surface area contributed by atoms with Gasteiger partial charge in [0, 0.05) is 0 Å². The highest BCUT2D eigenvalue weighted by atomic mass is 79.9. The molecule has 2 nitrogen and oxygen atoms in total. The molecule has 2 N–H and O–H groups in total. The second-order valence-electron chi connectivity index (χ2n) is 2.15. The molecule has 0 aliphatic carbocycles. The second-order valence-corrected chi connectivity index (χ2v) is 2.91. The van der Waals surface area contributed by atoms with Gasteiger partial charge in [0.15, 0.2) is 0 Å². The molecule has 0 radical (unpaired) electrons. The van der Waals surface area contributed by atoms with Crippen molar-refractivity contribution < 1.29 is 0 Å². The number of hydrogen-bond acceptors (Lipinski definition) is 2. The van der Waals surface area contributed by atoms with Crippen molar-refractivity contribution in [3.63, 3.8) is 0 Å². The molecule has 10 heavy (non-hydrogen) atoms. The summed E-state index contributed by atoms with van der Waals surface area (Å²) in [6.07, 6.45) is 0. The molecule has 0 saturated heterocycles. The molecule has 0 amide bonds. The number of hydrazine groups is 1. The van der Waals surface area contributed by atoms with Crippen molar-refractivity contribution in [3.05, 3.63) is 29.8 Å². The van der Waals surface area contributed by atoms with Crippen LogP contribution in [-0.4, -0.2) is 0 Å². The Morgan fingerprint density at radius 2 is 1.80 bits per heavy atom. The van der Waals surface area contributed by atoms with Crippen LogP contribution in [0.1, 0.15) is 5.56 Å². The van der Waals surface area contributed by atoms with E-state index >= 15 is 0 Å². The molecule has 1 aromatic carbocycles. The van der Waals surface area contributed by atoms with Crippen LogP contribution in [0, 0.1) is 6.92 Å². The number of rotatable bonds is 1. The van der Waals surface area contributed by atoms with Crippen molar-refractivity contribution >= 4 is 21.8 Å². The van der Waals surface area contributed by atoms with E-state index in [2.05, 4.69) is 16.1 Å². The van der Waals surface area contributed by atoms with E-state index in [9.17, 15) is 0 Å². The summed E-state index contributed by atoms with van der Waals surface area (Å²) in [5.74, 6) is 5.41. The molecule has 0 aliphatic rings. The lowest BCUT2D eigenvalue weighted by Crippen LogP contribution is -2.17. The SMILES string of the molecule is Cc1ccc(N(N)Br)cc1. The smallest absolute Gasteiger partial charge is 0.0669 e. The maximum Gasteiger partial charge on any atom is 0.0669 e. The predicted molar refractivity (Wildman–Crippen MR) is 46.8 cm³/mol. The molecule has 0 bridgehead atoms. The van der Waals surface area contributed by atoms with Gasteiger partial charge in [-0.2, -0.15) is 0 Å². The number of benzene rings is 1. The molecule has 1 rings (SSSR count). The number of nitrogens with zero attached hydrogens (tertiary/aromatic N) is 1. The summed E-state index contributed by atoms with van der Waals surface area (Å²) in [5, 5.41) is 0. The summed E-state index contributed by atoms with van der Waals surface area (Å²) in [6.45, 7) is 2.04. The summed E-state index contributed by atoms with van der Waals surface area (Å²) >= 11 is 3.12. The third-order valence-corrected chi connectivity index (χ3v) is 1.69. The third-order valence-electron chi connectivity index (χ3n) is 1.28. The van der Waals surface area contributed by atoms with Gasteiger partial charge in [-0.25, -0.2) is 9.88 Å². The fourth-order valence-electron chi connectivity index (χ4n) is 0.687. The Bertz CT molecular complexity index is 205. The maximum atomic E-state index is 5.41. The molecule has 0 atom stereocenters. The van der Waals surface area contributed by atoms with E-state index in [1.165, 1.54) is 9.60 Å². The van der Waals surface area contributed by atoms with E-state index < -0.39 is 0 Å². The van der Waals surface area contributed by atoms with Gasteiger partial charge in [-0.05, 0) is 19.1 Å². The first-order valence-electron chi connectivity index (χ1n) is 2.97. The van der Waals surface area contributed by atoms with E-state index in [1.54, 1.807) is 0 Å². The number of hydrogen-bond donors (Lipinski definition) is 1. The van der Waals surface area contributed by atoms with Gasteiger partial charge in [-0.15, -0.1) is 0 Å². The molecule has 0 spiro atoms. The van der Waals surface area contributed by atoms with Crippen LogP contribution in [0.2, 0.25) is 0 Å². The van der Waals surface area contributed by atoms with Crippen LogP contribution in [0.4, 0.5) is 5.69 Å². The summed E-state index contributed by atoms with van der Waals surface area (Å²) in [6, 6.07) is 7.92. The first-order chi connectivity index (χ1) is 4.70. The van der Waals surface area contributed by atoms with Crippen LogP contribution in [0.25, 0.3) is 0 Å². The molecule has 1 aromatic rings. The van der Waals surface area contributed by atoms with Gasteiger partial charge < -0.3 is 0 Å². The molecular formula is C7H9BrN2. The molecule has 0 saturated carbocycles. The first-order valence-corrected chi connectivity index (χ1v) is 3.68. The number of halogens is 1. The highest BCUT2D eigenvalue weighted by molar-refractivity contribution is 9.10. The van der Waals surface area contributed by atoms with Crippen LogP contribution in [0.3, 0.4) is 0 Å². The molecule has 0 unspecified atom stereocenters. The van der Waals surface area contributed by atoms with E-state index in [1.807, 2.05) is 31.2 Å². The minimum atomic E-state index is 0.950. The van der Waals surface area contributed by atoms with Crippen LogP contribution in [-0.2, 0) is 0 Å². The van der Waals surface area contributed by atoms with Gasteiger partial charge in [0.2, 0.25) is 0 Å². The fourth-order valence-corrected chi connectivity index (χ4v) is 0.924. The van der Waals surface area contributed by atoms with Gasteiger partial charge in [0.25, 0.3) is 0 Å². The lowest BCUT2D eigenvalue weighted by atomic mass is 10.2. The van der Waals surface area contributed by atoms with E-state index in [-0.39, 0.29) is 0 Å². The zero-order chi connectivity index (χ0) is 7.56. The molecular weight excluding hydrogens is 192 g/mol. The van der Waals surface area contributed by atoms with Crippen molar-refractivity contribution in [1.82, 2.24) is 0 Å². The number of anilines is 1. The van der Waals surface area contributed by atoms with Gasteiger partial charge in [-0.3, -0.25) is 0 Å². The Morgan fingerprint density at radius 1 is 1.30 bits per heavy atom. The van der Waals surface area contributed by atoms with Crippen molar-refractivity contribution in [2.45, 2.75) is 6.92 Å². The Kier molecular flexibility index (Phi) is 2.29. The average molecular weight is 201 g/mol. The standard InChI is InChI=1S/C7H9BrN2/c1-6-2-4-7(5-3-6)10(8)9/h2-5H,9H2,1H3. The minimum Gasteiger partial charge on any atom is -0.245 e.